The van der Waals surface area contributed by atoms with Crippen LogP contribution in [-0.4, -0.2) is 10.9 Å². The molecule has 0 unspecified atom stereocenters. The second-order valence-corrected chi connectivity index (χ2v) is 4.33. The number of carbonyl (C=O) groups excluding carboxylic acids is 1. The molecule has 20 heavy (non-hydrogen) atoms. The highest BCUT2D eigenvalue weighted by Crippen LogP contribution is 2.15. The molecule has 0 saturated heterocycles. The number of nitrogens with zero attached hydrogens (tertiary/aromatic N) is 1. The lowest BCUT2D eigenvalue weighted by molar-refractivity contribution is 0.102. The van der Waals surface area contributed by atoms with Gasteiger partial charge < -0.3 is 5.32 Å². The quantitative estimate of drug-likeness (QED) is 0.850. The summed E-state index contributed by atoms with van der Waals surface area (Å²) >= 11 is 0. The standard InChI is InChI=1S/C17H16N2O/c1-3-6-13(2)14-8-10-15(11-9-14)17(20)19-16-7-4-5-12-18-16/h3-12H,1H2,2H3,(H,18,19,20)/b13-6+. The third-order valence-electron chi connectivity index (χ3n) is 2.88. The molecule has 0 fully saturated rings. The van der Waals surface area contributed by atoms with E-state index in [0.29, 0.717) is 11.4 Å². The minimum atomic E-state index is -0.166. The predicted octanol–water partition coefficient (Wildman–Crippen LogP) is 3.92. The molecule has 0 aliphatic heterocycles. The molecule has 3 heteroatoms. The number of amides is 1. The molecule has 1 amide bonds. The zero-order valence-corrected chi connectivity index (χ0v) is 11.3. The van der Waals surface area contributed by atoms with E-state index >= 15 is 0 Å². The molecule has 0 aliphatic carbocycles. The number of anilines is 1. The van der Waals surface area contributed by atoms with Crippen molar-refractivity contribution in [3.8, 4) is 0 Å². The number of hydrogen-bond donors (Lipinski definition) is 1. The summed E-state index contributed by atoms with van der Waals surface area (Å²) < 4.78 is 0. The molecule has 1 aromatic heterocycles. The van der Waals surface area contributed by atoms with Crippen molar-refractivity contribution in [1.82, 2.24) is 4.98 Å². The van der Waals surface area contributed by atoms with Crippen LogP contribution in [0.3, 0.4) is 0 Å². The van der Waals surface area contributed by atoms with Gasteiger partial charge >= 0.3 is 0 Å². The molecule has 2 aromatic rings. The maximum Gasteiger partial charge on any atom is 0.256 e. The molecule has 0 spiro atoms. The first-order valence-electron chi connectivity index (χ1n) is 6.33. The van der Waals surface area contributed by atoms with Crippen molar-refractivity contribution in [3.63, 3.8) is 0 Å². The van der Waals surface area contributed by atoms with Crippen molar-refractivity contribution in [3.05, 3.63) is 78.5 Å². The highest BCUT2D eigenvalue weighted by Gasteiger charge is 2.06. The number of pyridine rings is 1. The lowest BCUT2D eigenvalue weighted by Gasteiger charge is -2.05. The van der Waals surface area contributed by atoms with Gasteiger partial charge in [-0.2, -0.15) is 0 Å². The number of benzene rings is 1. The Morgan fingerprint density at radius 1 is 1.15 bits per heavy atom. The van der Waals surface area contributed by atoms with Crippen LogP contribution in [-0.2, 0) is 0 Å². The van der Waals surface area contributed by atoms with Crippen molar-refractivity contribution in [2.45, 2.75) is 6.92 Å². The van der Waals surface area contributed by atoms with Crippen molar-refractivity contribution in [2.75, 3.05) is 5.32 Å². The van der Waals surface area contributed by atoms with Gasteiger partial charge in [-0.15, -0.1) is 0 Å². The smallest absolute Gasteiger partial charge is 0.256 e. The zero-order chi connectivity index (χ0) is 14.4. The molecule has 0 aliphatic rings. The number of allylic oxidation sites excluding steroid dienone is 3. The third-order valence-corrected chi connectivity index (χ3v) is 2.88. The molecule has 1 aromatic carbocycles. The van der Waals surface area contributed by atoms with Gasteiger partial charge in [0.1, 0.15) is 5.82 Å². The third kappa shape index (κ3) is 3.42. The maximum atomic E-state index is 12.0. The molecule has 1 heterocycles. The Labute approximate surface area is 118 Å². The first kappa shape index (κ1) is 13.7. The summed E-state index contributed by atoms with van der Waals surface area (Å²) in [5.41, 5.74) is 2.78. The van der Waals surface area contributed by atoms with Gasteiger partial charge in [-0.1, -0.05) is 36.9 Å². The highest BCUT2D eigenvalue weighted by atomic mass is 16.1. The Morgan fingerprint density at radius 3 is 2.45 bits per heavy atom. The van der Waals surface area contributed by atoms with Gasteiger partial charge in [0.15, 0.2) is 0 Å². The fraction of sp³-hybridized carbons (Fsp3) is 0.0588. The van der Waals surface area contributed by atoms with E-state index in [1.807, 2.05) is 31.2 Å². The minimum Gasteiger partial charge on any atom is -0.307 e. The average molecular weight is 264 g/mol. The fourth-order valence-corrected chi connectivity index (χ4v) is 1.78. The molecule has 0 saturated carbocycles. The van der Waals surface area contributed by atoms with E-state index in [0.717, 1.165) is 11.1 Å². The first-order chi connectivity index (χ1) is 9.70. The van der Waals surface area contributed by atoms with Gasteiger partial charge in [0.05, 0.1) is 0 Å². The van der Waals surface area contributed by atoms with Crippen molar-refractivity contribution < 1.29 is 4.79 Å². The zero-order valence-electron chi connectivity index (χ0n) is 11.3. The van der Waals surface area contributed by atoms with E-state index in [2.05, 4.69) is 16.9 Å². The Hall–Kier alpha value is -2.68. The van der Waals surface area contributed by atoms with Crippen molar-refractivity contribution in [1.29, 1.82) is 0 Å². The SMILES string of the molecule is C=C/C=C(\C)c1ccc(C(=O)Nc2ccccn2)cc1. The highest BCUT2D eigenvalue weighted by molar-refractivity contribution is 6.03. The molecule has 0 bridgehead atoms. The molecule has 1 N–H and O–H groups in total. The molecule has 0 radical (unpaired) electrons. The maximum absolute atomic E-state index is 12.0. The lowest BCUT2D eigenvalue weighted by Crippen LogP contribution is -2.12. The van der Waals surface area contributed by atoms with E-state index in [1.165, 1.54) is 0 Å². The van der Waals surface area contributed by atoms with E-state index in [-0.39, 0.29) is 5.91 Å². The van der Waals surface area contributed by atoms with Crippen molar-refractivity contribution >= 4 is 17.3 Å². The van der Waals surface area contributed by atoms with Gasteiger partial charge in [0.25, 0.3) is 5.91 Å². The fourth-order valence-electron chi connectivity index (χ4n) is 1.78. The van der Waals surface area contributed by atoms with Crippen LogP contribution in [0.15, 0.2) is 67.4 Å². The molecular formula is C17H16N2O. The number of rotatable bonds is 4. The van der Waals surface area contributed by atoms with Crippen LogP contribution in [0.2, 0.25) is 0 Å². The van der Waals surface area contributed by atoms with Crippen LogP contribution in [0.1, 0.15) is 22.8 Å². The van der Waals surface area contributed by atoms with Gasteiger partial charge in [0, 0.05) is 11.8 Å². The Balaban J connectivity index is 2.12. The van der Waals surface area contributed by atoms with E-state index in [9.17, 15) is 4.79 Å². The van der Waals surface area contributed by atoms with Crippen LogP contribution in [0.5, 0.6) is 0 Å². The van der Waals surface area contributed by atoms with E-state index in [4.69, 9.17) is 0 Å². The van der Waals surface area contributed by atoms with Crippen molar-refractivity contribution in [2.24, 2.45) is 0 Å². The van der Waals surface area contributed by atoms with E-state index in [1.54, 1.807) is 36.5 Å². The summed E-state index contributed by atoms with van der Waals surface area (Å²) in [6.07, 6.45) is 5.32. The summed E-state index contributed by atoms with van der Waals surface area (Å²) in [7, 11) is 0. The Bertz CT molecular complexity index is 628. The minimum absolute atomic E-state index is 0.166. The van der Waals surface area contributed by atoms with Gasteiger partial charge in [0.2, 0.25) is 0 Å². The monoisotopic (exact) mass is 264 g/mol. The van der Waals surface area contributed by atoms with Gasteiger partial charge in [-0.25, -0.2) is 4.98 Å². The van der Waals surface area contributed by atoms with Gasteiger partial charge in [-0.05, 0) is 42.3 Å². The summed E-state index contributed by atoms with van der Waals surface area (Å²) in [4.78, 5) is 16.1. The van der Waals surface area contributed by atoms with Crippen LogP contribution < -0.4 is 5.32 Å². The predicted molar refractivity (Wildman–Crippen MR) is 82.5 cm³/mol. The molecule has 3 nitrogen and oxygen atoms in total. The van der Waals surface area contributed by atoms with Crippen LogP contribution in [0.4, 0.5) is 5.82 Å². The normalized spacial score (nSPS) is 10.9. The number of carbonyl (C=O) groups is 1. The summed E-state index contributed by atoms with van der Waals surface area (Å²) in [6, 6.07) is 12.8. The largest absolute Gasteiger partial charge is 0.307 e. The van der Waals surface area contributed by atoms with Crippen LogP contribution in [0.25, 0.3) is 5.57 Å². The van der Waals surface area contributed by atoms with Crippen LogP contribution in [0, 0.1) is 0 Å². The number of hydrogen-bond acceptors (Lipinski definition) is 2. The molecular weight excluding hydrogens is 248 g/mol. The second-order valence-electron chi connectivity index (χ2n) is 4.33. The molecule has 100 valence electrons. The molecule has 0 atom stereocenters. The Kier molecular flexibility index (Phi) is 4.45. The van der Waals surface area contributed by atoms with E-state index < -0.39 is 0 Å². The summed E-state index contributed by atoms with van der Waals surface area (Å²) in [5, 5.41) is 2.75. The summed E-state index contributed by atoms with van der Waals surface area (Å²) in [6.45, 7) is 5.68. The average Bonchev–Trinajstić information content (AvgIpc) is 2.48. The summed E-state index contributed by atoms with van der Waals surface area (Å²) in [5.74, 6) is 0.380. The number of nitrogens with one attached hydrogen (secondary N) is 1. The topological polar surface area (TPSA) is 42.0 Å². The lowest BCUT2D eigenvalue weighted by atomic mass is 10.0. The second kappa shape index (κ2) is 6.48. The molecule has 2 rings (SSSR count). The Morgan fingerprint density at radius 2 is 1.85 bits per heavy atom. The number of aromatic nitrogens is 1. The van der Waals surface area contributed by atoms with Crippen LogP contribution >= 0.6 is 0 Å². The van der Waals surface area contributed by atoms with Gasteiger partial charge in [-0.3, -0.25) is 4.79 Å². The first-order valence-corrected chi connectivity index (χ1v) is 6.33.